The zero-order chi connectivity index (χ0) is 11.7. The van der Waals surface area contributed by atoms with Crippen molar-refractivity contribution in [2.75, 3.05) is 0 Å². The largest absolute Gasteiger partial charge is 0.390 e. The van der Waals surface area contributed by atoms with E-state index in [2.05, 4.69) is 10.1 Å². The molecule has 0 bridgehead atoms. The zero-order valence-electron chi connectivity index (χ0n) is 9.11. The molecule has 2 rings (SSSR count). The molecule has 1 N–H and O–H groups in total. The number of aliphatic hydroxyl groups is 1. The molecule has 16 heavy (non-hydrogen) atoms. The van der Waals surface area contributed by atoms with Crippen LogP contribution in [0.5, 0.6) is 0 Å². The third kappa shape index (κ3) is 1.81. The van der Waals surface area contributed by atoms with Gasteiger partial charge in [0, 0.05) is 7.05 Å². The highest BCUT2D eigenvalue weighted by molar-refractivity contribution is 6.33. The van der Waals surface area contributed by atoms with E-state index in [-0.39, 0.29) is 6.61 Å². The van der Waals surface area contributed by atoms with Crippen molar-refractivity contribution in [2.24, 2.45) is 7.05 Å². The molecule has 2 aromatic heterocycles. The van der Waals surface area contributed by atoms with E-state index < -0.39 is 0 Å². The highest BCUT2D eigenvalue weighted by Crippen LogP contribution is 2.27. The Hall–Kier alpha value is -1.39. The third-order valence-electron chi connectivity index (χ3n) is 2.47. The van der Waals surface area contributed by atoms with E-state index in [0.717, 1.165) is 5.69 Å². The minimum atomic E-state index is -0.0860. The molecule has 84 valence electrons. The van der Waals surface area contributed by atoms with E-state index in [9.17, 15) is 0 Å². The second-order valence-electron chi connectivity index (χ2n) is 3.54. The monoisotopic (exact) mass is 237 g/mol. The van der Waals surface area contributed by atoms with Gasteiger partial charge in [0.1, 0.15) is 5.69 Å². The van der Waals surface area contributed by atoms with E-state index in [1.165, 1.54) is 0 Å². The van der Waals surface area contributed by atoms with Crippen LogP contribution in [0.1, 0.15) is 11.4 Å². The van der Waals surface area contributed by atoms with Crippen LogP contribution >= 0.6 is 11.6 Å². The summed E-state index contributed by atoms with van der Waals surface area (Å²) >= 11 is 6.16. The van der Waals surface area contributed by atoms with Crippen molar-refractivity contribution in [2.45, 2.75) is 13.5 Å². The molecule has 0 unspecified atom stereocenters. The number of hydrogen-bond donors (Lipinski definition) is 1. The van der Waals surface area contributed by atoms with Gasteiger partial charge in [-0.1, -0.05) is 17.7 Å². The Morgan fingerprint density at radius 2 is 2.19 bits per heavy atom. The van der Waals surface area contributed by atoms with Crippen molar-refractivity contribution >= 4 is 11.6 Å². The Morgan fingerprint density at radius 3 is 2.75 bits per heavy atom. The first-order valence-corrected chi connectivity index (χ1v) is 5.27. The molecule has 4 nitrogen and oxygen atoms in total. The molecule has 0 radical (unpaired) electrons. The van der Waals surface area contributed by atoms with Crippen LogP contribution in [0.25, 0.3) is 11.4 Å². The quantitative estimate of drug-likeness (QED) is 0.869. The molecule has 0 spiro atoms. The minimum Gasteiger partial charge on any atom is -0.390 e. The topological polar surface area (TPSA) is 50.9 Å². The highest BCUT2D eigenvalue weighted by atomic mass is 35.5. The van der Waals surface area contributed by atoms with Crippen LogP contribution in [-0.4, -0.2) is 19.9 Å². The fraction of sp³-hybridized carbons (Fsp3) is 0.273. The van der Waals surface area contributed by atoms with Crippen LogP contribution in [-0.2, 0) is 13.7 Å². The lowest BCUT2D eigenvalue weighted by Gasteiger charge is -1.99. The maximum atomic E-state index is 9.02. The molecule has 0 amide bonds. The van der Waals surface area contributed by atoms with Crippen LogP contribution in [0.2, 0.25) is 5.02 Å². The van der Waals surface area contributed by atoms with Crippen molar-refractivity contribution in [1.82, 2.24) is 14.8 Å². The number of aryl methyl sites for hydroxylation is 1. The minimum absolute atomic E-state index is 0.0860. The Balaban J connectivity index is 2.54. The Labute approximate surface area is 98.5 Å². The smallest absolute Gasteiger partial charge is 0.130 e. The van der Waals surface area contributed by atoms with Gasteiger partial charge in [0.2, 0.25) is 0 Å². The molecule has 0 saturated carbocycles. The fourth-order valence-electron chi connectivity index (χ4n) is 1.45. The highest BCUT2D eigenvalue weighted by Gasteiger charge is 2.13. The summed E-state index contributed by atoms with van der Waals surface area (Å²) in [6, 6.07) is 5.41. The summed E-state index contributed by atoms with van der Waals surface area (Å²) in [7, 11) is 1.83. The number of rotatable bonds is 2. The van der Waals surface area contributed by atoms with Crippen LogP contribution in [0.15, 0.2) is 18.2 Å². The first-order chi connectivity index (χ1) is 7.63. The molecule has 0 aromatic carbocycles. The van der Waals surface area contributed by atoms with Crippen LogP contribution in [0, 0.1) is 6.92 Å². The Bertz CT molecular complexity index is 522. The summed E-state index contributed by atoms with van der Waals surface area (Å²) in [5.41, 5.74) is 2.84. The van der Waals surface area contributed by atoms with Crippen molar-refractivity contribution in [3.8, 4) is 11.4 Å². The zero-order valence-corrected chi connectivity index (χ0v) is 9.86. The van der Waals surface area contributed by atoms with E-state index in [1.807, 2.05) is 26.1 Å². The summed E-state index contributed by atoms with van der Waals surface area (Å²) in [4.78, 5) is 4.27. The second kappa shape index (κ2) is 4.23. The number of aromatic nitrogens is 3. The molecule has 2 aromatic rings. The number of hydrogen-bond acceptors (Lipinski definition) is 3. The van der Waals surface area contributed by atoms with Gasteiger partial charge >= 0.3 is 0 Å². The van der Waals surface area contributed by atoms with Gasteiger partial charge in [-0.05, 0) is 19.1 Å². The number of nitrogens with zero attached hydrogens (tertiary/aromatic N) is 3. The average Bonchev–Trinajstić information content (AvgIpc) is 2.57. The molecular weight excluding hydrogens is 226 g/mol. The van der Waals surface area contributed by atoms with E-state index in [0.29, 0.717) is 22.1 Å². The summed E-state index contributed by atoms with van der Waals surface area (Å²) in [5.74, 6) is 0. The molecular formula is C11H12ClN3O. The molecule has 0 atom stereocenters. The van der Waals surface area contributed by atoms with Gasteiger partial charge in [0.25, 0.3) is 0 Å². The SMILES string of the molecule is Cc1c(Cl)c(-c2cccc(CO)n2)nn1C. The summed E-state index contributed by atoms with van der Waals surface area (Å²) < 4.78 is 1.71. The van der Waals surface area contributed by atoms with Crippen LogP contribution in [0.3, 0.4) is 0 Å². The lowest BCUT2D eigenvalue weighted by Crippen LogP contribution is -1.94. The summed E-state index contributed by atoms with van der Waals surface area (Å²) in [5, 5.41) is 13.9. The lowest BCUT2D eigenvalue weighted by atomic mass is 10.2. The standard InChI is InChI=1S/C11H12ClN3O/c1-7-10(12)11(14-15(7)2)9-5-3-4-8(6-16)13-9/h3-5,16H,6H2,1-2H3. The lowest BCUT2D eigenvalue weighted by molar-refractivity contribution is 0.277. The number of halogens is 1. The predicted octanol–water partition coefficient (Wildman–Crippen LogP) is 1.94. The van der Waals surface area contributed by atoms with Crippen molar-refractivity contribution in [1.29, 1.82) is 0 Å². The van der Waals surface area contributed by atoms with Gasteiger partial charge in [-0.15, -0.1) is 0 Å². The van der Waals surface area contributed by atoms with Gasteiger partial charge in [0.05, 0.1) is 28.7 Å². The van der Waals surface area contributed by atoms with Gasteiger partial charge in [-0.25, -0.2) is 4.98 Å². The Morgan fingerprint density at radius 1 is 1.44 bits per heavy atom. The van der Waals surface area contributed by atoms with Gasteiger partial charge in [-0.2, -0.15) is 5.10 Å². The summed E-state index contributed by atoms with van der Waals surface area (Å²) in [6.45, 7) is 1.81. The average molecular weight is 238 g/mol. The van der Waals surface area contributed by atoms with Crippen molar-refractivity contribution in [3.05, 3.63) is 34.6 Å². The third-order valence-corrected chi connectivity index (χ3v) is 2.92. The second-order valence-corrected chi connectivity index (χ2v) is 3.92. The van der Waals surface area contributed by atoms with E-state index >= 15 is 0 Å². The molecule has 0 aliphatic heterocycles. The van der Waals surface area contributed by atoms with Gasteiger partial charge in [-0.3, -0.25) is 4.68 Å². The number of aliphatic hydroxyl groups excluding tert-OH is 1. The molecule has 0 saturated heterocycles. The van der Waals surface area contributed by atoms with Crippen molar-refractivity contribution < 1.29 is 5.11 Å². The Kier molecular flexibility index (Phi) is 2.94. The molecule has 0 aliphatic rings. The van der Waals surface area contributed by atoms with Gasteiger partial charge in [0.15, 0.2) is 0 Å². The first-order valence-electron chi connectivity index (χ1n) is 4.89. The molecule has 0 aliphatic carbocycles. The predicted molar refractivity (Wildman–Crippen MR) is 62.1 cm³/mol. The van der Waals surface area contributed by atoms with Crippen molar-refractivity contribution in [3.63, 3.8) is 0 Å². The maximum Gasteiger partial charge on any atom is 0.130 e. The molecule has 5 heteroatoms. The first kappa shape index (κ1) is 11.1. The van der Waals surface area contributed by atoms with E-state index in [4.69, 9.17) is 16.7 Å². The van der Waals surface area contributed by atoms with Crippen LogP contribution in [0.4, 0.5) is 0 Å². The van der Waals surface area contributed by atoms with Gasteiger partial charge < -0.3 is 5.11 Å². The molecule has 0 fully saturated rings. The van der Waals surface area contributed by atoms with E-state index in [1.54, 1.807) is 10.7 Å². The molecule has 2 heterocycles. The maximum absolute atomic E-state index is 9.02. The van der Waals surface area contributed by atoms with Crippen LogP contribution < -0.4 is 0 Å². The normalized spacial score (nSPS) is 10.8. The fourth-order valence-corrected chi connectivity index (χ4v) is 1.70. The summed E-state index contributed by atoms with van der Waals surface area (Å²) in [6.07, 6.45) is 0. The number of pyridine rings is 1.